The Morgan fingerprint density at radius 1 is 1.25 bits per heavy atom. The van der Waals surface area contributed by atoms with E-state index >= 15 is 0 Å². The molecule has 1 heterocycles. The first-order chi connectivity index (χ1) is 9.49. The van der Waals surface area contributed by atoms with Gasteiger partial charge in [-0.05, 0) is 20.8 Å². The molecule has 0 spiro atoms. The molecule has 2 rings (SSSR count). The van der Waals surface area contributed by atoms with Crippen molar-refractivity contribution in [3.8, 4) is 17.2 Å². The van der Waals surface area contributed by atoms with E-state index in [9.17, 15) is 5.11 Å². The van der Waals surface area contributed by atoms with Gasteiger partial charge in [0.25, 0.3) is 0 Å². The normalized spacial score (nSPS) is 21.6. The lowest BCUT2D eigenvalue weighted by Crippen LogP contribution is -2.27. The molecule has 0 radical (unpaired) electrons. The summed E-state index contributed by atoms with van der Waals surface area (Å²) in [6, 6.07) is 1.77. The van der Waals surface area contributed by atoms with Crippen LogP contribution in [0.25, 0.3) is 0 Å². The van der Waals surface area contributed by atoms with Crippen LogP contribution in [0.5, 0.6) is 17.2 Å². The number of aliphatic hydroxyl groups is 1. The predicted octanol–water partition coefficient (Wildman–Crippen LogP) is 2.44. The Morgan fingerprint density at radius 3 is 2.45 bits per heavy atom. The summed E-state index contributed by atoms with van der Waals surface area (Å²) in [6.07, 6.45) is -1.09. The summed E-state index contributed by atoms with van der Waals surface area (Å²) < 4.78 is 22.2. The fourth-order valence-corrected chi connectivity index (χ4v) is 2.37. The van der Waals surface area contributed by atoms with Crippen molar-refractivity contribution < 1.29 is 24.1 Å². The van der Waals surface area contributed by atoms with E-state index in [2.05, 4.69) is 0 Å². The van der Waals surface area contributed by atoms with Crippen molar-refractivity contribution in [1.82, 2.24) is 0 Å². The first-order valence-corrected chi connectivity index (χ1v) is 6.73. The highest BCUT2D eigenvalue weighted by molar-refractivity contribution is 5.59. The summed E-state index contributed by atoms with van der Waals surface area (Å²) in [5.74, 6) is 1.77. The molecule has 0 amide bonds. The quantitative estimate of drug-likeness (QED) is 0.919. The summed E-state index contributed by atoms with van der Waals surface area (Å²) in [7, 11) is 3.16. The highest BCUT2D eigenvalue weighted by Crippen LogP contribution is 2.46. The lowest BCUT2D eigenvalue weighted by atomic mass is 9.94. The number of rotatable bonds is 4. The molecule has 2 atom stereocenters. The van der Waals surface area contributed by atoms with Crippen LogP contribution in [0.1, 0.15) is 38.0 Å². The molecule has 5 nitrogen and oxygen atoms in total. The lowest BCUT2D eigenvalue weighted by molar-refractivity contribution is -0.0549. The van der Waals surface area contributed by atoms with Crippen molar-refractivity contribution in [3.63, 3.8) is 0 Å². The fraction of sp³-hybridized carbons (Fsp3) is 0.600. The third-order valence-electron chi connectivity index (χ3n) is 3.38. The Balaban J connectivity index is 2.64. The van der Waals surface area contributed by atoms with Gasteiger partial charge in [-0.3, -0.25) is 0 Å². The van der Waals surface area contributed by atoms with E-state index in [1.807, 2.05) is 20.8 Å². The van der Waals surface area contributed by atoms with Crippen LogP contribution in [0, 0.1) is 0 Å². The molecule has 0 unspecified atom stereocenters. The molecular weight excluding hydrogens is 260 g/mol. The molecule has 0 saturated carbocycles. The minimum atomic E-state index is -0.767. The van der Waals surface area contributed by atoms with Crippen molar-refractivity contribution in [2.45, 2.75) is 45.7 Å². The number of ether oxygens (including phenoxy) is 4. The molecular formula is C15H22O5. The van der Waals surface area contributed by atoms with Crippen molar-refractivity contribution >= 4 is 0 Å². The van der Waals surface area contributed by atoms with Crippen LogP contribution in [0.2, 0.25) is 0 Å². The van der Waals surface area contributed by atoms with Crippen LogP contribution < -0.4 is 14.2 Å². The average molecular weight is 282 g/mol. The van der Waals surface area contributed by atoms with Crippen LogP contribution in [-0.2, 0) is 11.3 Å². The molecule has 1 aliphatic heterocycles. The highest BCUT2D eigenvalue weighted by atomic mass is 16.5. The average Bonchev–Trinajstić information content (AvgIpc) is 2.42. The number of methoxy groups -OCH3 is 2. The number of hydrogen-bond acceptors (Lipinski definition) is 5. The van der Waals surface area contributed by atoms with Crippen LogP contribution in [-0.4, -0.2) is 31.5 Å². The van der Waals surface area contributed by atoms with Crippen molar-refractivity contribution in [3.05, 3.63) is 17.2 Å². The second-order valence-corrected chi connectivity index (χ2v) is 5.13. The minimum Gasteiger partial charge on any atom is -0.496 e. The first-order valence-electron chi connectivity index (χ1n) is 6.73. The molecule has 0 fully saturated rings. The van der Waals surface area contributed by atoms with Gasteiger partial charge in [0.1, 0.15) is 11.9 Å². The van der Waals surface area contributed by atoms with Gasteiger partial charge in [-0.2, -0.15) is 0 Å². The van der Waals surface area contributed by atoms with Crippen LogP contribution in [0.15, 0.2) is 6.07 Å². The number of aliphatic hydroxyl groups excluding tert-OH is 1. The second-order valence-electron chi connectivity index (χ2n) is 5.13. The standard InChI is InChI=1S/C15H22O5/c1-8(2)20-15-12(18-5)6-11(17-4)10-7-19-9(3)14(16)13(10)15/h6,8-9,14,16H,7H2,1-5H3/t9-,14-/m1/s1. The molecule has 20 heavy (non-hydrogen) atoms. The van der Waals surface area contributed by atoms with Crippen molar-refractivity contribution in [2.75, 3.05) is 14.2 Å². The topological polar surface area (TPSA) is 57.2 Å². The van der Waals surface area contributed by atoms with E-state index in [0.29, 0.717) is 29.4 Å². The van der Waals surface area contributed by atoms with Gasteiger partial charge < -0.3 is 24.1 Å². The molecule has 0 aromatic heterocycles. The first kappa shape index (κ1) is 14.9. The van der Waals surface area contributed by atoms with Crippen LogP contribution >= 0.6 is 0 Å². The Labute approximate surface area is 119 Å². The molecule has 1 aromatic carbocycles. The zero-order valence-electron chi connectivity index (χ0n) is 12.6. The van der Waals surface area contributed by atoms with E-state index < -0.39 is 6.10 Å². The summed E-state index contributed by atoms with van der Waals surface area (Å²) in [4.78, 5) is 0. The SMILES string of the molecule is COc1cc(OC)c(OC(C)C)c2c1CO[C@H](C)[C@H]2O. The molecule has 0 aliphatic carbocycles. The Hall–Kier alpha value is -1.46. The lowest BCUT2D eigenvalue weighted by Gasteiger charge is -2.32. The van der Waals surface area contributed by atoms with Crippen molar-refractivity contribution in [2.24, 2.45) is 0 Å². The van der Waals surface area contributed by atoms with Crippen molar-refractivity contribution in [1.29, 1.82) is 0 Å². The number of fused-ring (bicyclic) bond motifs is 1. The van der Waals surface area contributed by atoms with Gasteiger partial charge in [0.2, 0.25) is 0 Å². The Kier molecular flexibility index (Phi) is 4.40. The molecule has 1 aliphatic rings. The Bertz CT molecular complexity index is 484. The maximum atomic E-state index is 10.4. The van der Waals surface area contributed by atoms with Gasteiger partial charge >= 0.3 is 0 Å². The monoisotopic (exact) mass is 282 g/mol. The summed E-state index contributed by atoms with van der Waals surface area (Å²) >= 11 is 0. The Morgan fingerprint density at radius 2 is 1.90 bits per heavy atom. The van der Waals surface area contributed by atoms with E-state index in [1.54, 1.807) is 20.3 Å². The number of benzene rings is 1. The van der Waals surface area contributed by atoms with Gasteiger partial charge in [0.05, 0.1) is 33.0 Å². The summed E-state index contributed by atoms with van der Waals surface area (Å²) in [6.45, 7) is 6.09. The minimum absolute atomic E-state index is 0.0215. The molecule has 0 saturated heterocycles. The maximum Gasteiger partial charge on any atom is 0.168 e. The maximum absolute atomic E-state index is 10.4. The molecule has 0 bridgehead atoms. The largest absolute Gasteiger partial charge is 0.496 e. The van der Waals surface area contributed by atoms with E-state index in [1.165, 1.54) is 0 Å². The van der Waals surface area contributed by atoms with Gasteiger partial charge in [0, 0.05) is 17.2 Å². The predicted molar refractivity (Wildman–Crippen MR) is 74.5 cm³/mol. The van der Waals surface area contributed by atoms with E-state index in [-0.39, 0.29) is 12.2 Å². The van der Waals surface area contributed by atoms with Gasteiger partial charge in [-0.1, -0.05) is 0 Å². The summed E-state index contributed by atoms with van der Waals surface area (Å²) in [5, 5.41) is 10.4. The summed E-state index contributed by atoms with van der Waals surface area (Å²) in [5.41, 5.74) is 1.52. The molecule has 112 valence electrons. The third-order valence-corrected chi connectivity index (χ3v) is 3.38. The smallest absolute Gasteiger partial charge is 0.168 e. The molecule has 1 N–H and O–H groups in total. The van der Waals surface area contributed by atoms with Gasteiger partial charge in [-0.25, -0.2) is 0 Å². The van der Waals surface area contributed by atoms with Gasteiger partial charge in [-0.15, -0.1) is 0 Å². The van der Waals surface area contributed by atoms with E-state index in [4.69, 9.17) is 18.9 Å². The fourth-order valence-electron chi connectivity index (χ4n) is 2.37. The molecule has 1 aromatic rings. The van der Waals surface area contributed by atoms with Crippen LogP contribution in [0.4, 0.5) is 0 Å². The number of hydrogen-bond donors (Lipinski definition) is 1. The zero-order valence-corrected chi connectivity index (χ0v) is 12.6. The van der Waals surface area contributed by atoms with E-state index in [0.717, 1.165) is 5.56 Å². The zero-order chi connectivity index (χ0) is 14.9. The third kappa shape index (κ3) is 2.55. The van der Waals surface area contributed by atoms with Crippen LogP contribution in [0.3, 0.4) is 0 Å². The molecule has 5 heteroatoms. The second kappa shape index (κ2) is 5.89. The van der Waals surface area contributed by atoms with Gasteiger partial charge in [0.15, 0.2) is 11.5 Å². The highest BCUT2D eigenvalue weighted by Gasteiger charge is 2.33.